The van der Waals surface area contributed by atoms with E-state index in [4.69, 9.17) is 9.40 Å². The first-order chi connectivity index (χ1) is 15.8. The topological polar surface area (TPSA) is 103 Å². The lowest BCUT2D eigenvalue weighted by Gasteiger charge is -2.32. The van der Waals surface area contributed by atoms with E-state index in [-0.39, 0.29) is 16.5 Å². The van der Waals surface area contributed by atoms with E-state index >= 15 is 0 Å². The summed E-state index contributed by atoms with van der Waals surface area (Å²) in [7, 11) is -2.11. The van der Waals surface area contributed by atoms with Crippen molar-refractivity contribution in [1.82, 2.24) is 23.4 Å². The summed E-state index contributed by atoms with van der Waals surface area (Å²) in [4.78, 5) is 21.3. The van der Waals surface area contributed by atoms with Gasteiger partial charge in [-0.1, -0.05) is 13.8 Å². The Morgan fingerprint density at radius 3 is 2.67 bits per heavy atom. The molecule has 10 heteroatoms. The Bertz CT molecular complexity index is 1490. The minimum atomic E-state index is -3.70. The smallest absolute Gasteiger partial charge is 0.408 e. The average molecular weight is 470 g/mol. The fourth-order valence-electron chi connectivity index (χ4n) is 4.63. The molecule has 0 amide bonds. The zero-order valence-electron chi connectivity index (χ0n) is 18.9. The number of pyridine rings is 1. The van der Waals surface area contributed by atoms with Crippen LogP contribution in [0, 0.1) is 5.92 Å². The summed E-state index contributed by atoms with van der Waals surface area (Å²) >= 11 is 0. The van der Waals surface area contributed by atoms with Crippen molar-refractivity contribution in [3.63, 3.8) is 0 Å². The molecule has 0 spiro atoms. The predicted molar refractivity (Wildman–Crippen MR) is 125 cm³/mol. The molecule has 4 heterocycles. The van der Waals surface area contributed by atoms with Crippen LogP contribution in [-0.2, 0) is 23.5 Å². The Labute approximate surface area is 191 Å². The van der Waals surface area contributed by atoms with Crippen molar-refractivity contribution >= 4 is 32.3 Å². The number of piperidine rings is 1. The van der Waals surface area contributed by atoms with Gasteiger partial charge in [-0.25, -0.2) is 23.2 Å². The first-order valence-corrected chi connectivity index (χ1v) is 12.6. The van der Waals surface area contributed by atoms with Crippen LogP contribution >= 0.6 is 0 Å². The quantitative estimate of drug-likeness (QED) is 0.445. The minimum absolute atomic E-state index is 0.137. The largest absolute Gasteiger partial charge is 0.419 e. The number of nitrogens with zero attached hydrogens (tertiary/aromatic N) is 5. The highest BCUT2D eigenvalue weighted by Crippen LogP contribution is 2.31. The van der Waals surface area contributed by atoms with Crippen LogP contribution < -0.4 is 5.76 Å². The van der Waals surface area contributed by atoms with Crippen LogP contribution in [0.5, 0.6) is 0 Å². The third-order valence-electron chi connectivity index (χ3n) is 6.30. The standard InChI is InChI=1S/C23H27N5O4S/c1-15(2)13-21-25-18-5-4-10-24-22(18)28(21)16-8-11-27(12-9-16)33(30,31)17-6-7-19-20(14-17)32-23(29)26(19)3/h4-7,10,14-16H,8-9,11-13H2,1-3H3. The molecule has 174 valence electrons. The van der Waals surface area contributed by atoms with Gasteiger partial charge in [0.25, 0.3) is 0 Å². The maximum absolute atomic E-state index is 13.3. The van der Waals surface area contributed by atoms with Crippen LogP contribution in [0.4, 0.5) is 0 Å². The lowest BCUT2D eigenvalue weighted by molar-refractivity contribution is 0.272. The van der Waals surface area contributed by atoms with Gasteiger partial charge in [0.2, 0.25) is 10.0 Å². The van der Waals surface area contributed by atoms with E-state index in [0.29, 0.717) is 37.4 Å². The Hall–Kier alpha value is -2.98. The van der Waals surface area contributed by atoms with Crippen molar-refractivity contribution in [2.45, 2.75) is 44.0 Å². The molecule has 1 aliphatic rings. The van der Waals surface area contributed by atoms with Crippen molar-refractivity contribution < 1.29 is 12.8 Å². The third-order valence-corrected chi connectivity index (χ3v) is 8.20. The molecule has 9 nitrogen and oxygen atoms in total. The maximum atomic E-state index is 13.3. The first kappa shape index (κ1) is 21.8. The molecule has 1 aliphatic heterocycles. The Morgan fingerprint density at radius 2 is 1.94 bits per heavy atom. The van der Waals surface area contributed by atoms with Crippen LogP contribution in [0.2, 0.25) is 0 Å². The minimum Gasteiger partial charge on any atom is -0.408 e. The number of sulfonamides is 1. The second-order valence-electron chi connectivity index (χ2n) is 9.03. The van der Waals surface area contributed by atoms with Crippen LogP contribution in [-0.4, -0.2) is 44.9 Å². The van der Waals surface area contributed by atoms with Crippen molar-refractivity contribution in [3.8, 4) is 0 Å². The number of benzene rings is 1. The molecule has 3 aromatic heterocycles. The number of fused-ring (bicyclic) bond motifs is 2. The molecular formula is C23H27N5O4S. The van der Waals surface area contributed by atoms with E-state index in [9.17, 15) is 13.2 Å². The van der Waals surface area contributed by atoms with Gasteiger partial charge in [-0.05, 0) is 43.0 Å². The van der Waals surface area contributed by atoms with Gasteiger partial charge in [-0.2, -0.15) is 4.31 Å². The second kappa shape index (κ2) is 8.11. The number of hydrogen-bond acceptors (Lipinski definition) is 6. The van der Waals surface area contributed by atoms with Gasteiger partial charge in [0, 0.05) is 44.9 Å². The van der Waals surface area contributed by atoms with Crippen molar-refractivity contribution in [3.05, 3.63) is 52.9 Å². The Kier molecular flexibility index (Phi) is 5.37. The molecule has 0 radical (unpaired) electrons. The molecule has 0 bridgehead atoms. The lowest BCUT2D eigenvalue weighted by Crippen LogP contribution is -2.39. The maximum Gasteiger partial charge on any atom is 0.419 e. The lowest BCUT2D eigenvalue weighted by atomic mass is 10.1. The zero-order valence-corrected chi connectivity index (χ0v) is 19.7. The Morgan fingerprint density at radius 1 is 1.18 bits per heavy atom. The summed E-state index contributed by atoms with van der Waals surface area (Å²) in [6, 6.07) is 8.58. The monoisotopic (exact) mass is 469 g/mol. The van der Waals surface area contributed by atoms with Crippen molar-refractivity contribution in [1.29, 1.82) is 0 Å². The van der Waals surface area contributed by atoms with E-state index in [1.54, 1.807) is 19.3 Å². The van der Waals surface area contributed by atoms with Crippen molar-refractivity contribution in [2.24, 2.45) is 13.0 Å². The summed E-state index contributed by atoms with van der Waals surface area (Å²) in [5.74, 6) is 0.942. The predicted octanol–water partition coefficient (Wildman–Crippen LogP) is 3.10. The SMILES string of the molecule is CC(C)Cc1nc2cccnc2n1C1CCN(S(=O)(=O)c2ccc3c(c2)oc(=O)n3C)CC1. The van der Waals surface area contributed by atoms with Gasteiger partial charge in [0.1, 0.15) is 11.3 Å². The van der Waals surface area contributed by atoms with E-state index in [1.165, 1.54) is 21.0 Å². The summed E-state index contributed by atoms with van der Waals surface area (Å²) in [5.41, 5.74) is 2.57. The summed E-state index contributed by atoms with van der Waals surface area (Å²) < 4.78 is 36.9. The van der Waals surface area contributed by atoms with Gasteiger partial charge in [-0.3, -0.25) is 4.57 Å². The van der Waals surface area contributed by atoms with Crippen LogP contribution in [0.1, 0.15) is 38.6 Å². The highest BCUT2D eigenvalue weighted by molar-refractivity contribution is 7.89. The van der Waals surface area contributed by atoms with Gasteiger partial charge in [0.15, 0.2) is 11.2 Å². The fraction of sp³-hybridized carbons (Fsp3) is 0.435. The molecule has 0 saturated carbocycles. The Balaban J connectivity index is 1.41. The van der Waals surface area contributed by atoms with Crippen LogP contribution in [0.15, 0.2) is 50.6 Å². The molecule has 0 atom stereocenters. The van der Waals surface area contributed by atoms with E-state index in [2.05, 4.69) is 23.4 Å². The molecule has 1 fully saturated rings. The van der Waals surface area contributed by atoms with Gasteiger partial charge >= 0.3 is 5.76 Å². The second-order valence-corrected chi connectivity index (χ2v) is 11.0. The van der Waals surface area contributed by atoms with E-state index < -0.39 is 15.8 Å². The molecule has 4 aromatic rings. The van der Waals surface area contributed by atoms with Gasteiger partial charge in [0.05, 0.1) is 10.4 Å². The number of aryl methyl sites for hydroxylation is 1. The van der Waals surface area contributed by atoms with Crippen LogP contribution in [0.3, 0.4) is 0 Å². The molecular weight excluding hydrogens is 442 g/mol. The normalized spacial score (nSPS) is 16.4. The highest BCUT2D eigenvalue weighted by Gasteiger charge is 2.32. The van der Waals surface area contributed by atoms with Gasteiger partial charge in [-0.15, -0.1) is 0 Å². The highest BCUT2D eigenvalue weighted by atomic mass is 32.2. The molecule has 1 aromatic carbocycles. The fourth-order valence-corrected chi connectivity index (χ4v) is 6.12. The molecule has 1 saturated heterocycles. The molecule has 0 unspecified atom stereocenters. The number of aromatic nitrogens is 4. The number of rotatable bonds is 5. The molecule has 33 heavy (non-hydrogen) atoms. The number of oxazole rings is 1. The van der Waals surface area contributed by atoms with E-state index in [0.717, 1.165) is 23.4 Å². The zero-order chi connectivity index (χ0) is 23.3. The summed E-state index contributed by atoms with van der Waals surface area (Å²) in [6.07, 6.45) is 3.97. The molecule has 0 N–H and O–H groups in total. The molecule has 5 rings (SSSR count). The molecule has 0 aliphatic carbocycles. The summed E-state index contributed by atoms with van der Waals surface area (Å²) in [6.45, 7) is 5.13. The third kappa shape index (κ3) is 3.76. The van der Waals surface area contributed by atoms with Crippen molar-refractivity contribution in [2.75, 3.05) is 13.1 Å². The average Bonchev–Trinajstić information content (AvgIpc) is 3.29. The summed E-state index contributed by atoms with van der Waals surface area (Å²) in [5, 5.41) is 0. The number of imidazole rings is 1. The van der Waals surface area contributed by atoms with Gasteiger partial charge < -0.3 is 8.98 Å². The van der Waals surface area contributed by atoms with Crippen LogP contribution in [0.25, 0.3) is 22.3 Å². The van der Waals surface area contributed by atoms with E-state index in [1.807, 2.05) is 12.1 Å². The first-order valence-electron chi connectivity index (χ1n) is 11.2. The number of hydrogen-bond donors (Lipinski definition) is 0.